The average Bonchev–Trinajstić information content (AvgIpc) is 2.41. The molecule has 0 bridgehead atoms. The van der Waals surface area contributed by atoms with Crippen molar-refractivity contribution in [3.8, 4) is 0 Å². The van der Waals surface area contributed by atoms with Gasteiger partial charge in [0.25, 0.3) is 0 Å². The van der Waals surface area contributed by atoms with Crippen molar-refractivity contribution in [3.63, 3.8) is 0 Å². The minimum absolute atomic E-state index is 0.148. The van der Waals surface area contributed by atoms with Crippen LogP contribution in [-0.4, -0.2) is 31.9 Å². The van der Waals surface area contributed by atoms with Gasteiger partial charge in [-0.1, -0.05) is 12.5 Å². The zero-order chi connectivity index (χ0) is 14.0. The number of benzene rings is 1. The monoisotopic (exact) mass is 350 g/mol. The molecule has 1 aliphatic rings. The lowest BCUT2D eigenvalue weighted by atomic mass is 10.1. The molecule has 1 saturated heterocycles. The van der Waals surface area contributed by atoms with Crippen molar-refractivity contribution in [2.24, 2.45) is 5.73 Å². The second-order valence-electron chi connectivity index (χ2n) is 4.55. The summed E-state index contributed by atoms with van der Waals surface area (Å²) in [5, 5.41) is 0. The van der Waals surface area contributed by atoms with Crippen molar-refractivity contribution < 1.29 is 12.8 Å². The molecule has 4 nitrogen and oxygen atoms in total. The standard InChI is InChI=1S/C12H16BrFN2O2S/c13-10-5-3-6-11(12(10)14)19(17,18)16-7-2-1-4-9(16)8-15/h3,5-6,9H,1-2,4,7-8,15H2. The molecule has 0 amide bonds. The normalized spacial score (nSPS) is 21.5. The molecule has 0 aliphatic carbocycles. The molecule has 1 aliphatic heterocycles. The number of halogens is 2. The predicted molar refractivity (Wildman–Crippen MR) is 74.7 cm³/mol. The van der Waals surface area contributed by atoms with Crippen molar-refractivity contribution in [1.29, 1.82) is 0 Å². The Hall–Kier alpha value is -0.500. The maximum absolute atomic E-state index is 14.0. The molecule has 19 heavy (non-hydrogen) atoms. The van der Waals surface area contributed by atoms with Crippen molar-refractivity contribution in [2.75, 3.05) is 13.1 Å². The van der Waals surface area contributed by atoms with Crippen LogP contribution in [0.1, 0.15) is 19.3 Å². The van der Waals surface area contributed by atoms with Gasteiger partial charge in [-0.25, -0.2) is 12.8 Å². The Labute approximate surface area is 121 Å². The quantitative estimate of drug-likeness (QED) is 0.907. The summed E-state index contributed by atoms with van der Waals surface area (Å²) < 4.78 is 40.6. The molecule has 1 heterocycles. The Kier molecular flexibility index (Phi) is 4.60. The number of piperidine rings is 1. The Morgan fingerprint density at radius 3 is 2.84 bits per heavy atom. The summed E-state index contributed by atoms with van der Waals surface area (Å²) >= 11 is 3.01. The first-order valence-corrected chi connectivity index (χ1v) is 8.37. The van der Waals surface area contributed by atoms with Crippen LogP contribution in [0, 0.1) is 5.82 Å². The molecule has 1 unspecified atom stereocenters. The number of nitrogens with two attached hydrogens (primary N) is 1. The van der Waals surface area contributed by atoms with E-state index in [0.29, 0.717) is 6.54 Å². The highest BCUT2D eigenvalue weighted by Crippen LogP contribution is 2.29. The summed E-state index contributed by atoms with van der Waals surface area (Å²) in [5.41, 5.74) is 5.63. The summed E-state index contributed by atoms with van der Waals surface area (Å²) in [6.07, 6.45) is 2.46. The summed E-state index contributed by atoms with van der Waals surface area (Å²) in [7, 11) is -3.83. The Morgan fingerprint density at radius 1 is 1.42 bits per heavy atom. The van der Waals surface area contributed by atoms with E-state index in [1.807, 2.05) is 0 Å². The maximum Gasteiger partial charge on any atom is 0.246 e. The van der Waals surface area contributed by atoms with E-state index in [-0.39, 0.29) is 22.0 Å². The van der Waals surface area contributed by atoms with Crippen molar-refractivity contribution in [2.45, 2.75) is 30.2 Å². The van der Waals surface area contributed by atoms with Gasteiger partial charge in [-0.15, -0.1) is 0 Å². The van der Waals surface area contributed by atoms with Crippen LogP contribution >= 0.6 is 15.9 Å². The van der Waals surface area contributed by atoms with Crippen LogP contribution in [-0.2, 0) is 10.0 Å². The summed E-state index contributed by atoms with van der Waals surface area (Å²) in [6.45, 7) is 0.658. The Morgan fingerprint density at radius 2 is 2.16 bits per heavy atom. The van der Waals surface area contributed by atoms with Gasteiger partial charge in [0.05, 0.1) is 4.47 Å². The highest BCUT2D eigenvalue weighted by molar-refractivity contribution is 9.10. The summed E-state index contributed by atoms with van der Waals surface area (Å²) in [6, 6.07) is 4.04. The lowest BCUT2D eigenvalue weighted by Gasteiger charge is -2.33. The van der Waals surface area contributed by atoms with Gasteiger partial charge in [0.15, 0.2) is 5.82 Å². The van der Waals surface area contributed by atoms with E-state index in [4.69, 9.17) is 5.73 Å². The highest BCUT2D eigenvalue weighted by Gasteiger charge is 2.34. The second kappa shape index (κ2) is 5.87. The topological polar surface area (TPSA) is 63.4 Å². The van der Waals surface area contributed by atoms with Crippen LogP contribution < -0.4 is 5.73 Å². The molecule has 1 fully saturated rings. The largest absolute Gasteiger partial charge is 0.329 e. The molecule has 0 aromatic heterocycles. The third kappa shape index (κ3) is 2.84. The lowest BCUT2D eigenvalue weighted by molar-refractivity contribution is 0.257. The van der Waals surface area contributed by atoms with Crippen molar-refractivity contribution in [1.82, 2.24) is 4.31 Å². The fraction of sp³-hybridized carbons (Fsp3) is 0.500. The van der Waals surface area contributed by atoms with E-state index in [1.165, 1.54) is 22.5 Å². The minimum atomic E-state index is -3.83. The number of rotatable bonds is 3. The van der Waals surface area contributed by atoms with E-state index in [9.17, 15) is 12.8 Å². The zero-order valence-electron chi connectivity index (χ0n) is 10.4. The van der Waals surface area contributed by atoms with Crippen LogP contribution in [0.5, 0.6) is 0 Å². The lowest BCUT2D eigenvalue weighted by Crippen LogP contribution is -2.47. The van der Waals surface area contributed by atoms with Gasteiger partial charge in [-0.3, -0.25) is 0 Å². The van der Waals surface area contributed by atoms with E-state index in [0.717, 1.165) is 19.3 Å². The van der Waals surface area contributed by atoms with Crippen LogP contribution in [0.2, 0.25) is 0 Å². The smallest absolute Gasteiger partial charge is 0.246 e. The van der Waals surface area contributed by atoms with Crippen molar-refractivity contribution >= 4 is 26.0 Å². The van der Waals surface area contributed by atoms with Gasteiger partial charge in [0, 0.05) is 19.1 Å². The first kappa shape index (κ1) is 14.9. The van der Waals surface area contributed by atoms with Gasteiger partial charge in [0.2, 0.25) is 10.0 Å². The number of hydrogen-bond donors (Lipinski definition) is 1. The molecule has 1 aromatic carbocycles. The van der Waals surface area contributed by atoms with Gasteiger partial charge in [0.1, 0.15) is 4.90 Å². The molecule has 2 N–H and O–H groups in total. The fourth-order valence-corrected chi connectivity index (χ4v) is 4.63. The number of sulfonamides is 1. The van der Waals surface area contributed by atoms with Crippen LogP contribution in [0.4, 0.5) is 4.39 Å². The van der Waals surface area contributed by atoms with Crippen LogP contribution in [0.25, 0.3) is 0 Å². The summed E-state index contributed by atoms with van der Waals surface area (Å²) in [4.78, 5) is -0.290. The second-order valence-corrected chi connectivity index (χ2v) is 7.27. The molecular weight excluding hydrogens is 335 g/mol. The zero-order valence-corrected chi connectivity index (χ0v) is 12.8. The van der Waals surface area contributed by atoms with Crippen LogP contribution in [0.3, 0.4) is 0 Å². The number of hydrogen-bond acceptors (Lipinski definition) is 3. The van der Waals surface area contributed by atoms with Crippen molar-refractivity contribution in [3.05, 3.63) is 28.5 Å². The molecule has 7 heteroatoms. The molecule has 106 valence electrons. The average molecular weight is 351 g/mol. The van der Waals surface area contributed by atoms with Gasteiger partial charge >= 0.3 is 0 Å². The molecule has 0 saturated carbocycles. The third-order valence-corrected chi connectivity index (χ3v) is 5.93. The molecule has 1 atom stereocenters. The Bertz CT molecular complexity index is 565. The van der Waals surface area contributed by atoms with Gasteiger partial charge in [-0.2, -0.15) is 4.31 Å². The fourth-order valence-electron chi connectivity index (χ4n) is 2.34. The highest BCUT2D eigenvalue weighted by atomic mass is 79.9. The molecular formula is C12H16BrFN2O2S. The van der Waals surface area contributed by atoms with Gasteiger partial charge in [-0.05, 0) is 40.9 Å². The van der Waals surface area contributed by atoms with E-state index in [2.05, 4.69) is 15.9 Å². The third-order valence-electron chi connectivity index (χ3n) is 3.35. The Balaban J connectivity index is 2.44. The maximum atomic E-state index is 14.0. The molecule has 0 radical (unpaired) electrons. The number of nitrogens with zero attached hydrogens (tertiary/aromatic N) is 1. The van der Waals surface area contributed by atoms with Crippen LogP contribution in [0.15, 0.2) is 27.6 Å². The molecule has 0 spiro atoms. The first-order valence-electron chi connectivity index (χ1n) is 6.14. The minimum Gasteiger partial charge on any atom is -0.329 e. The SMILES string of the molecule is NCC1CCCCN1S(=O)(=O)c1cccc(Br)c1F. The molecule has 1 aromatic rings. The first-order chi connectivity index (χ1) is 8.98. The van der Waals surface area contributed by atoms with E-state index >= 15 is 0 Å². The van der Waals surface area contributed by atoms with E-state index < -0.39 is 15.8 Å². The molecule has 2 rings (SSSR count). The van der Waals surface area contributed by atoms with Gasteiger partial charge < -0.3 is 5.73 Å². The summed E-state index contributed by atoms with van der Waals surface area (Å²) in [5.74, 6) is -0.746. The van der Waals surface area contributed by atoms with E-state index in [1.54, 1.807) is 0 Å². The predicted octanol–water partition coefficient (Wildman–Crippen LogP) is 2.09.